The molecule has 4 heterocycles. The molecule has 0 spiro atoms. The van der Waals surface area contributed by atoms with Crippen LogP contribution in [0.2, 0.25) is 0 Å². The fourth-order valence-electron chi connectivity index (χ4n) is 4.68. The van der Waals surface area contributed by atoms with Crippen molar-refractivity contribution in [2.75, 3.05) is 18.5 Å². The number of para-hydroxylation sites is 1. The molecule has 0 radical (unpaired) electrons. The van der Waals surface area contributed by atoms with Crippen LogP contribution in [0.3, 0.4) is 0 Å². The molecule has 0 atom stereocenters. The summed E-state index contributed by atoms with van der Waals surface area (Å²) in [5, 5.41) is 12.3. The first kappa shape index (κ1) is 23.9. The van der Waals surface area contributed by atoms with Gasteiger partial charge in [0.15, 0.2) is 5.82 Å². The summed E-state index contributed by atoms with van der Waals surface area (Å²) < 4.78 is 36.6. The zero-order chi connectivity index (χ0) is 26.1. The number of nitrogens with one attached hydrogen (secondary N) is 2. The molecule has 6 rings (SSSR count). The minimum atomic E-state index is -0.686. The zero-order valence-electron chi connectivity index (χ0n) is 20.7. The second kappa shape index (κ2) is 10.1. The first-order valence-electron chi connectivity index (χ1n) is 12.4. The lowest BCUT2D eigenvalue weighted by molar-refractivity contribution is 0.335. The molecular weight excluding hydrogens is 488 g/mol. The van der Waals surface area contributed by atoms with E-state index >= 15 is 0 Å². The molecule has 0 bridgehead atoms. The number of nitrogens with zero attached hydrogens (tertiary/aromatic N) is 5. The fraction of sp³-hybridized carbons (Fsp3) is 0.214. The summed E-state index contributed by atoms with van der Waals surface area (Å²) in [4.78, 5) is 13.8. The maximum Gasteiger partial charge on any atom is 0.183 e. The highest BCUT2D eigenvalue weighted by Gasteiger charge is 2.23. The van der Waals surface area contributed by atoms with Gasteiger partial charge in [-0.1, -0.05) is 18.2 Å². The molecule has 2 aromatic carbocycles. The molecule has 0 amide bonds. The molecule has 0 saturated carbocycles. The number of ether oxygens (including phenoxy) is 1. The topological polar surface area (TPSA) is 89.8 Å². The number of aromatic nitrogens is 5. The summed E-state index contributed by atoms with van der Waals surface area (Å²) in [6.07, 6.45) is 4.22. The van der Waals surface area contributed by atoms with E-state index in [-0.39, 0.29) is 17.9 Å². The number of fused-ring (bicyclic) bond motifs is 2. The van der Waals surface area contributed by atoms with Crippen molar-refractivity contribution in [3.05, 3.63) is 89.4 Å². The first-order chi connectivity index (χ1) is 18.6. The second-order valence-corrected chi connectivity index (χ2v) is 8.93. The molecule has 0 unspecified atom stereocenters. The van der Waals surface area contributed by atoms with Crippen LogP contribution in [0.5, 0.6) is 5.75 Å². The van der Waals surface area contributed by atoms with Crippen molar-refractivity contribution in [3.8, 4) is 17.3 Å². The number of hydrogen-bond acceptors (Lipinski definition) is 7. The van der Waals surface area contributed by atoms with Crippen LogP contribution in [0, 0.1) is 11.6 Å². The molecule has 38 heavy (non-hydrogen) atoms. The van der Waals surface area contributed by atoms with E-state index in [0.717, 1.165) is 40.8 Å². The van der Waals surface area contributed by atoms with E-state index in [9.17, 15) is 8.78 Å². The van der Waals surface area contributed by atoms with Gasteiger partial charge in [-0.05, 0) is 38.1 Å². The van der Waals surface area contributed by atoms with Gasteiger partial charge < -0.3 is 15.4 Å². The van der Waals surface area contributed by atoms with E-state index in [1.54, 1.807) is 24.0 Å². The van der Waals surface area contributed by atoms with Crippen molar-refractivity contribution in [1.29, 1.82) is 0 Å². The largest absolute Gasteiger partial charge is 0.494 e. The highest BCUT2D eigenvalue weighted by atomic mass is 19.1. The van der Waals surface area contributed by atoms with Gasteiger partial charge in [0.1, 0.15) is 28.9 Å². The first-order valence-corrected chi connectivity index (χ1v) is 12.4. The molecule has 192 valence electrons. The molecule has 1 aliphatic rings. The Hall–Kier alpha value is -4.44. The van der Waals surface area contributed by atoms with Gasteiger partial charge in [-0.2, -0.15) is 5.10 Å². The minimum absolute atomic E-state index is 0.0936. The molecule has 3 aromatic heterocycles. The number of anilines is 2. The third-order valence-corrected chi connectivity index (χ3v) is 6.48. The Balaban J connectivity index is 1.44. The molecule has 0 saturated heterocycles. The molecule has 0 aliphatic carbocycles. The van der Waals surface area contributed by atoms with E-state index < -0.39 is 11.6 Å². The average Bonchev–Trinajstić information content (AvgIpc) is 3.30. The Bertz CT molecular complexity index is 1600. The molecule has 10 heteroatoms. The quantitative estimate of drug-likeness (QED) is 0.317. The SMILES string of the molecule is CCOc1cc(F)c(Cn2nc(-c3nc4c(c(Nc5ccncc5)n3)CCNC4)c3ccccc32)c(F)c1. The van der Waals surface area contributed by atoms with E-state index in [2.05, 4.69) is 15.6 Å². The molecular formula is C28H25F2N7O. The smallest absolute Gasteiger partial charge is 0.183 e. The maximum absolute atomic E-state index is 14.9. The lowest BCUT2D eigenvalue weighted by atomic mass is 10.1. The van der Waals surface area contributed by atoms with Crippen molar-refractivity contribution in [1.82, 2.24) is 30.0 Å². The third kappa shape index (κ3) is 4.54. The molecule has 8 nitrogen and oxygen atoms in total. The van der Waals surface area contributed by atoms with Crippen LogP contribution in [0.4, 0.5) is 20.3 Å². The Morgan fingerprint density at radius 2 is 1.84 bits per heavy atom. The van der Waals surface area contributed by atoms with Gasteiger partial charge in [0.2, 0.25) is 0 Å². The Morgan fingerprint density at radius 3 is 2.63 bits per heavy atom. The van der Waals surface area contributed by atoms with Crippen LogP contribution in [-0.2, 0) is 19.5 Å². The van der Waals surface area contributed by atoms with E-state index in [0.29, 0.717) is 30.5 Å². The number of pyridine rings is 1. The number of hydrogen-bond donors (Lipinski definition) is 2. The zero-order valence-corrected chi connectivity index (χ0v) is 20.7. The summed E-state index contributed by atoms with van der Waals surface area (Å²) in [6.45, 7) is 3.42. The van der Waals surface area contributed by atoms with Gasteiger partial charge in [-0.25, -0.2) is 18.7 Å². The van der Waals surface area contributed by atoms with Crippen molar-refractivity contribution >= 4 is 22.4 Å². The van der Waals surface area contributed by atoms with E-state index in [1.165, 1.54) is 12.1 Å². The lowest BCUT2D eigenvalue weighted by Gasteiger charge is -2.20. The molecule has 0 fully saturated rings. The van der Waals surface area contributed by atoms with Gasteiger partial charge in [0, 0.05) is 53.3 Å². The van der Waals surface area contributed by atoms with Gasteiger partial charge >= 0.3 is 0 Å². The number of rotatable bonds is 7. The van der Waals surface area contributed by atoms with Crippen molar-refractivity contribution < 1.29 is 13.5 Å². The fourth-order valence-corrected chi connectivity index (χ4v) is 4.68. The van der Waals surface area contributed by atoms with Crippen molar-refractivity contribution in [2.24, 2.45) is 0 Å². The van der Waals surface area contributed by atoms with Crippen LogP contribution in [-0.4, -0.2) is 37.9 Å². The van der Waals surface area contributed by atoms with Gasteiger partial charge in [-0.3, -0.25) is 9.67 Å². The number of halogens is 2. The van der Waals surface area contributed by atoms with Gasteiger partial charge in [-0.15, -0.1) is 0 Å². The molecule has 5 aromatic rings. The van der Waals surface area contributed by atoms with Crippen molar-refractivity contribution in [2.45, 2.75) is 26.4 Å². The second-order valence-electron chi connectivity index (χ2n) is 8.93. The van der Waals surface area contributed by atoms with Crippen molar-refractivity contribution in [3.63, 3.8) is 0 Å². The molecule has 2 N–H and O–H groups in total. The predicted molar refractivity (Wildman–Crippen MR) is 140 cm³/mol. The minimum Gasteiger partial charge on any atom is -0.494 e. The monoisotopic (exact) mass is 513 g/mol. The lowest BCUT2D eigenvalue weighted by Crippen LogP contribution is -2.26. The van der Waals surface area contributed by atoms with Gasteiger partial charge in [0.25, 0.3) is 0 Å². The average molecular weight is 514 g/mol. The summed E-state index contributed by atoms with van der Waals surface area (Å²) in [5.74, 6) is -0.0712. The Morgan fingerprint density at radius 1 is 1.05 bits per heavy atom. The number of benzene rings is 2. The normalized spacial score (nSPS) is 12.9. The van der Waals surface area contributed by atoms with Crippen LogP contribution in [0.25, 0.3) is 22.4 Å². The summed E-state index contributed by atoms with van der Waals surface area (Å²) in [7, 11) is 0. The standard InChI is InChI=1S/C28H25F2N7O/c1-2-38-18-13-22(29)21(23(30)14-18)16-37-25-6-4-3-5-20(25)26(36-37)28-34-24-15-32-12-9-19(24)27(35-28)33-17-7-10-31-11-8-17/h3-8,10-11,13-14,32H,2,9,12,15-16H2,1H3,(H,31,33,34,35). The summed E-state index contributed by atoms with van der Waals surface area (Å²) >= 11 is 0. The highest BCUT2D eigenvalue weighted by molar-refractivity contribution is 5.92. The van der Waals surface area contributed by atoms with E-state index in [4.69, 9.17) is 19.8 Å². The van der Waals surface area contributed by atoms with Crippen LogP contribution in [0.1, 0.15) is 23.7 Å². The predicted octanol–water partition coefficient (Wildman–Crippen LogP) is 5.00. The highest BCUT2D eigenvalue weighted by Crippen LogP contribution is 2.31. The van der Waals surface area contributed by atoms with Gasteiger partial charge in [0.05, 0.1) is 24.4 Å². The Kier molecular flexibility index (Phi) is 6.38. The van der Waals surface area contributed by atoms with Crippen LogP contribution in [0.15, 0.2) is 60.9 Å². The van der Waals surface area contributed by atoms with Crippen LogP contribution < -0.4 is 15.4 Å². The third-order valence-electron chi connectivity index (χ3n) is 6.48. The molecule has 1 aliphatic heterocycles. The summed E-state index contributed by atoms with van der Waals surface area (Å²) in [5.41, 5.74) is 3.97. The van der Waals surface area contributed by atoms with Crippen LogP contribution >= 0.6 is 0 Å². The van der Waals surface area contributed by atoms with E-state index in [1.807, 2.05) is 36.4 Å². The maximum atomic E-state index is 14.9. The Labute approximate surface area is 217 Å². The summed E-state index contributed by atoms with van der Waals surface area (Å²) in [6, 6.07) is 13.7.